The summed E-state index contributed by atoms with van der Waals surface area (Å²) in [6.45, 7) is 1.53. The van der Waals surface area contributed by atoms with Gasteiger partial charge in [-0.15, -0.1) is 0 Å². The highest BCUT2D eigenvalue weighted by Gasteiger charge is 2.21. The van der Waals surface area contributed by atoms with Gasteiger partial charge >= 0.3 is 0 Å². The van der Waals surface area contributed by atoms with Crippen molar-refractivity contribution in [2.45, 2.75) is 6.92 Å². The Kier molecular flexibility index (Phi) is 6.22. The maximum atomic E-state index is 12.3. The SMILES string of the molecule is Cc1cccc(NC(=O)CN(c2ccc(C(=O)N(C)C)cc2)S(C)(=O)=O)c1. The largest absolute Gasteiger partial charge is 0.345 e. The molecule has 0 saturated carbocycles. The second-order valence-electron chi connectivity index (χ2n) is 6.43. The van der Waals surface area contributed by atoms with Crippen LogP contribution in [-0.4, -0.2) is 52.0 Å². The molecule has 2 aromatic rings. The van der Waals surface area contributed by atoms with Crippen molar-refractivity contribution in [1.29, 1.82) is 0 Å². The number of carbonyl (C=O) groups is 2. The average molecular weight is 389 g/mol. The van der Waals surface area contributed by atoms with Gasteiger partial charge in [-0.25, -0.2) is 8.42 Å². The summed E-state index contributed by atoms with van der Waals surface area (Å²) < 4.78 is 25.3. The molecule has 0 spiro atoms. The first-order chi connectivity index (χ1) is 12.6. The topological polar surface area (TPSA) is 86.8 Å². The fourth-order valence-corrected chi connectivity index (χ4v) is 3.34. The van der Waals surface area contributed by atoms with E-state index in [9.17, 15) is 18.0 Å². The van der Waals surface area contributed by atoms with Crippen molar-refractivity contribution in [2.24, 2.45) is 0 Å². The summed E-state index contributed by atoms with van der Waals surface area (Å²) in [6, 6.07) is 13.3. The van der Waals surface area contributed by atoms with Crippen LogP contribution >= 0.6 is 0 Å². The van der Waals surface area contributed by atoms with Gasteiger partial charge in [0.25, 0.3) is 5.91 Å². The zero-order chi connectivity index (χ0) is 20.2. The lowest BCUT2D eigenvalue weighted by atomic mass is 10.2. The van der Waals surface area contributed by atoms with Crippen molar-refractivity contribution in [1.82, 2.24) is 4.90 Å². The summed E-state index contributed by atoms with van der Waals surface area (Å²) in [5.41, 5.74) is 2.32. The van der Waals surface area contributed by atoms with Gasteiger partial charge in [0.2, 0.25) is 15.9 Å². The van der Waals surface area contributed by atoms with Crippen molar-refractivity contribution in [3.05, 3.63) is 59.7 Å². The second-order valence-corrected chi connectivity index (χ2v) is 8.34. The molecule has 0 aliphatic heterocycles. The number of anilines is 2. The van der Waals surface area contributed by atoms with Crippen LogP contribution in [0.25, 0.3) is 0 Å². The highest BCUT2D eigenvalue weighted by atomic mass is 32.2. The third-order valence-electron chi connectivity index (χ3n) is 3.80. The fourth-order valence-electron chi connectivity index (χ4n) is 2.48. The minimum absolute atomic E-state index is 0.190. The Hall–Kier alpha value is -2.87. The molecule has 27 heavy (non-hydrogen) atoms. The van der Waals surface area contributed by atoms with E-state index in [1.54, 1.807) is 32.3 Å². The number of sulfonamides is 1. The van der Waals surface area contributed by atoms with Gasteiger partial charge in [-0.2, -0.15) is 0 Å². The van der Waals surface area contributed by atoms with E-state index in [0.717, 1.165) is 16.1 Å². The van der Waals surface area contributed by atoms with Crippen molar-refractivity contribution >= 4 is 33.2 Å². The number of carbonyl (C=O) groups excluding carboxylic acids is 2. The first-order valence-corrected chi connectivity index (χ1v) is 10.1. The minimum atomic E-state index is -3.69. The molecule has 0 heterocycles. The van der Waals surface area contributed by atoms with Gasteiger partial charge in [0.1, 0.15) is 6.54 Å². The Balaban J connectivity index is 2.21. The third-order valence-corrected chi connectivity index (χ3v) is 4.94. The van der Waals surface area contributed by atoms with Crippen LogP contribution in [0.5, 0.6) is 0 Å². The number of nitrogens with one attached hydrogen (secondary N) is 1. The Morgan fingerprint density at radius 1 is 1.04 bits per heavy atom. The summed E-state index contributed by atoms with van der Waals surface area (Å²) in [5.74, 6) is -0.649. The Morgan fingerprint density at radius 3 is 2.19 bits per heavy atom. The van der Waals surface area contributed by atoms with Crippen LogP contribution in [0.1, 0.15) is 15.9 Å². The van der Waals surface area contributed by atoms with E-state index in [1.807, 2.05) is 13.0 Å². The average Bonchev–Trinajstić information content (AvgIpc) is 2.58. The van der Waals surface area contributed by atoms with Crippen LogP contribution in [-0.2, 0) is 14.8 Å². The molecule has 2 aromatic carbocycles. The first kappa shape index (κ1) is 20.4. The number of rotatable bonds is 6. The van der Waals surface area contributed by atoms with Crippen molar-refractivity contribution in [2.75, 3.05) is 36.5 Å². The fraction of sp³-hybridized carbons (Fsp3) is 0.263. The minimum Gasteiger partial charge on any atom is -0.345 e. The highest BCUT2D eigenvalue weighted by molar-refractivity contribution is 7.92. The summed E-state index contributed by atoms with van der Waals surface area (Å²) in [4.78, 5) is 25.7. The predicted octanol–water partition coefficient (Wildman–Crippen LogP) is 2.10. The highest BCUT2D eigenvalue weighted by Crippen LogP contribution is 2.19. The number of benzene rings is 2. The molecule has 2 amide bonds. The number of hydrogen-bond donors (Lipinski definition) is 1. The van der Waals surface area contributed by atoms with Crippen LogP contribution in [0.2, 0.25) is 0 Å². The molecule has 2 rings (SSSR count). The molecule has 0 radical (unpaired) electrons. The lowest BCUT2D eigenvalue weighted by molar-refractivity contribution is -0.114. The first-order valence-electron chi connectivity index (χ1n) is 8.24. The van der Waals surface area contributed by atoms with E-state index in [4.69, 9.17) is 0 Å². The second kappa shape index (κ2) is 8.22. The number of nitrogens with zero attached hydrogens (tertiary/aromatic N) is 2. The molecule has 0 aliphatic rings. The molecular formula is C19H23N3O4S. The van der Waals surface area contributed by atoms with Gasteiger partial charge in [0.15, 0.2) is 0 Å². The van der Waals surface area contributed by atoms with Gasteiger partial charge in [0.05, 0.1) is 11.9 Å². The van der Waals surface area contributed by atoms with E-state index >= 15 is 0 Å². The molecule has 0 unspecified atom stereocenters. The molecule has 0 aliphatic carbocycles. The van der Waals surface area contributed by atoms with Gasteiger partial charge < -0.3 is 10.2 Å². The Morgan fingerprint density at radius 2 is 1.67 bits per heavy atom. The van der Waals surface area contributed by atoms with Crippen LogP contribution in [0.4, 0.5) is 11.4 Å². The van der Waals surface area contributed by atoms with Gasteiger partial charge in [0, 0.05) is 25.3 Å². The van der Waals surface area contributed by atoms with E-state index in [0.29, 0.717) is 16.9 Å². The van der Waals surface area contributed by atoms with E-state index in [2.05, 4.69) is 5.32 Å². The van der Waals surface area contributed by atoms with E-state index in [-0.39, 0.29) is 12.5 Å². The maximum Gasteiger partial charge on any atom is 0.253 e. The summed E-state index contributed by atoms with van der Waals surface area (Å²) in [7, 11) is -0.419. The molecule has 7 nitrogen and oxygen atoms in total. The molecule has 144 valence electrons. The Labute approximate surface area is 159 Å². The molecule has 0 bridgehead atoms. The van der Waals surface area contributed by atoms with Gasteiger partial charge in [-0.1, -0.05) is 12.1 Å². The molecule has 0 aromatic heterocycles. The molecule has 0 fully saturated rings. The van der Waals surface area contributed by atoms with E-state index < -0.39 is 15.9 Å². The smallest absolute Gasteiger partial charge is 0.253 e. The summed E-state index contributed by atoms with van der Waals surface area (Å²) in [6.07, 6.45) is 1.03. The maximum absolute atomic E-state index is 12.3. The summed E-state index contributed by atoms with van der Waals surface area (Å²) >= 11 is 0. The zero-order valence-electron chi connectivity index (χ0n) is 15.8. The van der Waals surface area contributed by atoms with Crippen molar-refractivity contribution in [3.8, 4) is 0 Å². The van der Waals surface area contributed by atoms with E-state index in [1.165, 1.54) is 29.2 Å². The molecule has 0 saturated heterocycles. The monoisotopic (exact) mass is 389 g/mol. The zero-order valence-corrected chi connectivity index (χ0v) is 16.6. The van der Waals surface area contributed by atoms with Crippen LogP contribution < -0.4 is 9.62 Å². The van der Waals surface area contributed by atoms with Crippen LogP contribution in [0.3, 0.4) is 0 Å². The number of hydrogen-bond acceptors (Lipinski definition) is 4. The lowest BCUT2D eigenvalue weighted by Gasteiger charge is -2.22. The molecule has 0 atom stereocenters. The third kappa shape index (κ3) is 5.55. The standard InChI is InChI=1S/C19H23N3O4S/c1-14-6-5-7-16(12-14)20-18(23)13-22(27(4,25)26)17-10-8-15(9-11-17)19(24)21(2)3/h5-12H,13H2,1-4H3,(H,20,23). The van der Waals surface area contributed by atoms with Gasteiger partial charge in [-0.3, -0.25) is 13.9 Å². The van der Waals surface area contributed by atoms with Gasteiger partial charge in [-0.05, 0) is 48.9 Å². The number of amides is 2. The lowest BCUT2D eigenvalue weighted by Crippen LogP contribution is -2.37. The molecule has 1 N–H and O–H groups in total. The number of aryl methyl sites for hydroxylation is 1. The molecular weight excluding hydrogens is 366 g/mol. The quantitative estimate of drug-likeness (QED) is 0.820. The predicted molar refractivity (Wildman–Crippen MR) is 106 cm³/mol. The van der Waals surface area contributed by atoms with Crippen LogP contribution in [0, 0.1) is 6.92 Å². The Bertz CT molecular complexity index is 938. The van der Waals surface area contributed by atoms with Crippen LogP contribution in [0.15, 0.2) is 48.5 Å². The van der Waals surface area contributed by atoms with Crippen molar-refractivity contribution < 1.29 is 18.0 Å². The van der Waals surface area contributed by atoms with Crippen molar-refractivity contribution in [3.63, 3.8) is 0 Å². The molecule has 8 heteroatoms. The summed E-state index contributed by atoms with van der Waals surface area (Å²) in [5, 5.41) is 2.69. The normalized spacial score (nSPS) is 11.0.